The molecule has 1 N–H and O–H groups in total. The molecule has 10 heteroatoms. The maximum Gasteiger partial charge on any atom is 0.322 e. The third-order valence-corrected chi connectivity index (χ3v) is 6.69. The van der Waals surface area contributed by atoms with E-state index < -0.39 is 0 Å². The number of ether oxygens (including phenoxy) is 2. The predicted molar refractivity (Wildman–Crippen MR) is 131 cm³/mol. The molecule has 2 amide bonds. The van der Waals surface area contributed by atoms with E-state index in [0.29, 0.717) is 55.1 Å². The summed E-state index contributed by atoms with van der Waals surface area (Å²) in [5, 5.41) is 7.09. The van der Waals surface area contributed by atoms with E-state index in [9.17, 15) is 4.79 Å². The number of methoxy groups -OCH3 is 2. The molecule has 0 atom stereocenters. The Labute approximate surface area is 204 Å². The molecule has 3 aromatic rings. The highest BCUT2D eigenvalue weighted by atomic mass is 16.5. The number of aromatic nitrogens is 3. The molecule has 0 bridgehead atoms. The number of pyridine rings is 1. The van der Waals surface area contributed by atoms with Crippen molar-refractivity contribution < 1.29 is 18.8 Å². The van der Waals surface area contributed by atoms with Gasteiger partial charge in [-0.15, -0.1) is 0 Å². The number of piperazine rings is 1. The summed E-state index contributed by atoms with van der Waals surface area (Å²) >= 11 is 0. The number of rotatable bonds is 6. The van der Waals surface area contributed by atoms with Crippen LogP contribution in [-0.2, 0) is 0 Å². The van der Waals surface area contributed by atoms with Crippen molar-refractivity contribution in [2.24, 2.45) is 0 Å². The van der Waals surface area contributed by atoms with Crippen LogP contribution in [0, 0.1) is 0 Å². The number of nitrogens with zero attached hydrogens (tertiary/aromatic N) is 5. The van der Waals surface area contributed by atoms with Crippen LogP contribution >= 0.6 is 0 Å². The highest BCUT2D eigenvalue weighted by Crippen LogP contribution is 2.34. The Hall–Kier alpha value is -3.82. The minimum absolute atomic E-state index is 0.161. The molecule has 1 aliphatic heterocycles. The van der Waals surface area contributed by atoms with Gasteiger partial charge in [0.2, 0.25) is 11.7 Å². The molecule has 0 radical (unpaired) electrons. The lowest BCUT2D eigenvalue weighted by Crippen LogP contribution is -2.50. The third kappa shape index (κ3) is 5.01. The number of anilines is 2. The van der Waals surface area contributed by atoms with Crippen molar-refractivity contribution >= 4 is 17.5 Å². The van der Waals surface area contributed by atoms with Crippen molar-refractivity contribution in [2.45, 2.75) is 31.6 Å². The number of benzene rings is 1. The van der Waals surface area contributed by atoms with E-state index in [-0.39, 0.29) is 6.03 Å². The zero-order valence-electron chi connectivity index (χ0n) is 20.1. The molecule has 2 fully saturated rings. The Morgan fingerprint density at radius 2 is 1.86 bits per heavy atom. The number of carbonyl (C=O) groups is 1. The number of carbonyl (C=O) groups excluding carboxylic acids is 1. The van der Waals surface area contributed by atoms with Gasteiger partial charge < -0.3 is 29.1 Å². The van der Waals surface area contributed by atoms with Gasteiger partial charge in [-0.1, -0.05) is 18.0 Å². The molecule has 35 heavy (non-hydrogen) atoms. The summed E-state index contributed by atoms with van der Waals surface area (Å²) in [6.07, 6.45) is 6.48. The van der Waals surface area contributed by atoms with Crippen molar-refractivity contribution in [2.75, 3.05) is 50.6 Å². The quantitative estimate of drug-likeness (QED) is 0.563. The maximum atomic E-state index is 12.8. The molecule has 2 aliphatic rings. The van der Waals surface area contributed by atoms with Crippen LogP contribution in [0.15, 0.2) is 41.1 Å². The first-order valence-electron chi connectivity index (χ1n) is 12.0. The van der Waals surface area contributed by atoms with Crippen LogP contribution in [0.5, 0.6) is 11.5 Å². The van der Waals surface area contributed by atoms with Gasteiger partial charge in [0.15, 0.2) is 0 Å². The average molecular weight is 479 g/mol. The van der Waals surface area contributed by atoms with E-state index >= 15 is 0 Å². The smallest absolute Gasteiger partial charge is 0.322 e. The summed E-state index contributed by atoms with van der Waals surface area (Å²) < 4.78 is 16.1. The molecule has 0 unspecified atom stereocenters. The van der Waals surface area contributed by atoms with Crippen LogP contribution in [0.25, 0.3) is 11.4 Å². The van der Waals surface area contributed by atoms with Crippen molar-refractivity contribution in [1.82, 2.24) is 20.0 Å². The summed E-state index contributed by atoms with van der Waals surface area (Å²) in [6, 6.07) is 9.09. The van der Waals surface area contributed by atoms with Gasteiger partial charge in [0.1, 0.15) is 17.3 Å². The monoisotopic (exact) mass is 478 g/mol. The molecule has 1 saturated heterocycles. The van der Waals surface area contributed by atoms with Crippen molar-refractivity contribution in [3.05, 3.63) is 42.4 Å². The third-order valence-electron chi connectivity index (χ3n) is 6.69. The van der Waals surface area contributed by atoms with E-state index in [2.05, 4.69) is 25.3 Å². The van der Waals surface area contributed by atoms with E-state index in [1.807, 2.05) is 12.1 Å². The molecular weight excluding hydrogens is 448 g/mol. The summed E-state index contributed by atoms with van der Waals surface area (Å²) in [7, 11) is 3.15. The molecule has 10 nitrogen and oxygen atoms in total. The molecule has 2 aromatic heterocycles. The molecule has 1 aliphatic carbocycles. The van der Waals surface area contributed by atoms with Gasteiger partial charge in [-0.05, 0) is 37.1 Å². The SMILES string of the molecule is COc1ccc(NC(=O)N2CCN(c3ccc(-c4noc(C5CCCC5)n4)cn3)CC2)c(OC)c1. The van der Waals surface area contributed by atoms with E-state index in [0.717, 1.165) is 30.1 Å². The minimum Gasteiger partial charge on any atom is -0.497 e. The van der Waals surface area contributed by atoms with Crippen molar-refractivity contribution in [3.8, 4) is 22.9 Å². The zero-order valence-corrected chi connectivity index (χ0v) is 20.1. The second kappa shape index (κ2) is 10.2. The fourth-order valence-electron chi connectivity index (χ4n) is 4.63. The fraction of sp³-hybridized carbons (Fsp3) is 0.440. The average Bonchev–Trinajstić information content (AvgIpc) is 3.62. The van der Waals surface area contributed by atoms with Crippen LogP contribution in [0.1, 0.15) is 37.5 Å². The summed E-state index contributed by atoms with van der Waals surface area (Å²) in [5.74, 6) is 3.80. The second-order valence-electron chi connectivity index (χ2n) is 8.81. The van der Waals surface area contributed by atoms with Gasteiger partial charge in [-0.25, -0.2) is 9.78 Å². The van der Waals surface area contributed by atoms with Gasteiger partial charge in [0.25, 0.3) is 0 Å². The summed E-state index contributed by atoms with van der Waals surface area (Å²) in [6.45, 7) is 2.55. The largest absolute Gasteiger partial charge is 0.497 e. The van der Waals surface area contributed by atoms with Crippen LogP contribution in [0.2, 0.25) is 0 Å². The van der Waals surface area contributed by atoms with Crippen LogP contribution in [0.3, 0.4) is 0 Å². The van der Waals surface area contributed by atoms with Crippen LogP contribution in [-0.4, -0.2) is 66.5 Å². The summed E-state index contributed by atoms with van der Waals surface area (Å²) in [4.78, 5) is 26.0. The predicted octanol–water partition coefficient (Wildman–Crippen LogP) is 4.16. The molecule has 1 aromatic carbocycles. The topological polar surface area (TPSA) is 106 Å². The molecular formula is C25H30N6O4. The molecule has 1 saturated carbocycles. The highest BCUT2D eigenvalue weighted by Gasteiger charge is 2.25. The normalized spacial score (nSPS) is 16.4. The van der Waals surface area contributed by atoms with Crippen molar-refractivity contribution in [1.29, 1.82) is 0 Å². The molecule has 3 heterocycles. The van der Waals surface area contributed by atoms with Gasteiger partial charge in [-0.2, -0.15) is 4.98 Å². The van der Waals surface area contributed by atoms with E-state index in [1.54, 1.807) is 43.5 Å². The van der Waals surface area contributed by atoms with Gasteiger partial charge >= 0.3 is 6.03 Å². The Bertz CT molecular complexity index is 1150. The first-order valence-corrected chi connectivity index (χ1v) is 12.0. The lowest BCUT2D eigenvalue weighted by Gasteiger charge is -2.35. The number of urea groups is 1. The maximum absolute atomic E-state index is 12.8. The van der Waals surface area contributed by atoms with Gasteiger partial charge in [0.05, 0.1) is 19.9 Å². The lowest BCUT2D eigenvalue weighted by atomic mass is 10.1. The summed E-state index contributed by atoms with van der Waals surface area (Å²) in [5.41, 5.74) is 1.45. The second-order valence-corrected chi connectivity index (χ2v) is 8.81. The first kappa shape index (κ1) is 22.9. The first-order chi connectivity index (χ1) is 17.1. The highest BCUT2D eigenvalue weighted by molar-refractivity contribution is 5.91. The van der Waals surface area contributed by atoms with Crippen LogP contribution in [0.4, 0.5) is 16.3 Å². The Morgan fingerprint density at radius 3 is 2.54 bits per heavy atom. The standard InChI is InChI=1S/C25H30N6O4/c1-33-19-8-9-20(21(15-19)34-2)27-25(32)31-13-11-30(12-14-31)22-10-7-18(16-26-22)23-28-24(35-29-23)17-5-3-4-6-17/h7-10,15-17H,3-6,11-14H2,1-2H3,(H,27,32). The Morgan fingerprint density at radius 1 is 1.06 bits per heavy atom. The van der Waals surface area contributed by atoms with E-state index in [4.69, 9.17) is 14.0 Å². The van der Waals surface area contributed by atoms with Gasteiger partial charge in [0, 0.05) is 49.9 Å². The van der Waals surface area contributed by atoms with Gasteiger partial charge in [-0.3, -0.25) is 0 Å². The zero-order chi connectivity index (χ0) is 24.2. The number of hydrogen-bond acceptors (Lipinski definition) is 8. The number of hydrogen-bond donors (Lipinski definition) is 1. The van der Waals surface area contributed by atoms with Crippen molar-refractivity contribution in [3.63, 3.8) is 0 Å². The Kier molecular flexibility index (Phi) is 6.69. The minimum atomic E-state index is -0.161. The molecule has 5 rings (SSSR count). The number of nitrogens with one attached hydrogen (secondary N) is 1. The molecule has 184 valence electrons. The lowest BCUT2D eigenvalue weighted by molar-refractivity contribution is 0.208. The van der Waals surface area contributed by atoms with E-state index in [1.165, 1.54) is 12.8 Å². The Balaban J connectivity index is 1.16. The number of amides is 2. The molecule has 0 spiro atoms. The van der Waals surface area contributed by atoms with Crippen LogP contribution < -0.4 is 19.7 Å². The fourth-order valence-corrected chi connectivity index (χ4v) is 4.63.